The maximum Gasteiger partial charge on any atom is 0.407 e. The number of amides is 2. The maximum atomic E-state index is 12.9. The number of hydrogen-bond acceptors (Lipinski definition) is 5. The molecule has 6 nitrogen and oxygen atoms in total. The van der Waals surface area contributed by atoms with E-state index < -0.39 is 11.7 Å². The Labute approximate surface area is 168 Å². The molecular formula is C20H26FN3O3S. The van der Waals surface area contributed by atoms with E-state index in [-0.39, 0.29) is 18.1 Å². The first-order valence-corrected chi connectivity index (χ1v) is 10.0. The van der Waals surface area contributed by atoms with Gasteiger partial charge in [-0.05, 0) is 44.9 Å². The summed E-state index contributed by atoms with van der Waals surface area (Å²) in [5.41, 5.74) is 1.16. The molecule has 8 heteroatoms. The maximum absolute atomic E-state index is 12.9. The molecule has 28 heavy (non-hydrogen) atoms. The van der Waals surface area contributed by atoms with Gasteiger partial charge < -0.3 is 15.4 Å². The molecule has 0 fully saturated rings. The van der Waals surface area contributed by atoms with Gasteiger partial charge in [0.25, 0.3) is 0 Å². The Bertz CT molecular complexity index is 785. The summed E-state index contributed by atoms with van der Waals surface area (Å²) in [6.07, 6.45) is 0.968. The van der Waals surface area contributed by atoms with Gasteiger partial charge >= 0.3 is 6.09 Å². The van der Waals surface area contributed by atoms with Crippen molar-refractivity contribution in [3.05, 3.63) is 51.7 Å². The van der Waals surface area contributed by atoms with Crippen LogP contribution < -0.4 is 10.6 Å². The first-order chi connectivity index (χ1) is 13.2. The Morgan fingerprint density at radius 3 is 2.50 bits per heavy atom. The summed E-state index contributed by atoms with van der Waals surface area (Å²) in [7, 11) is 0. The van der Waals surface area contributed by atoms with Crippen molar-refractivity contribution in [1.29, 1.82) is 0 Å². The number of hydrogen-bond donors (Lipinski definition) is 2. The van der Waals surface area contributed by atoms with Crippen molar-refractivity contribution in [2.45, 2.75) is 45.6 Å². The molecule has 1 heterocycles. The van der Waals surface area contributed by atoms with Crippen LogP contribution in [-0.4, -0.2) is 35.7 Å². The van der Waals surface area contributed by atoms with Crippen LogP contribution in [-0.2, 0) is 22.4 Å². The Morgan fingerprint density at radius 1 is 1.14 bits per heavy atom. The van der Waals surface area contributed by atoms with Gasteiger partial charge in [-0.1, -0.05) is 12.1 Å². The van der Waals surface area contributed by atoms with E-state index in [1.165, 1.54) is 23.5 Å². The normalized spacial score (nSPS) is 11.1. The van der Waals surface area contributed by atoms with Crippen LogP contribution in [0.25, 0.3) is 0 Å². The predicted octanol–water partition coefficient (Wildman–Crippen LogP) is 3.45. The van der Waals surface area contributed by atoms with Gasteiger partial charge in [-0.3, -0.25) is 4.79 Å². The number of thiazole rings is 1. The molecule has 0 aliphatic heterocycles. The Kier molecular flexibility index (Phi) is 7.92. The average Bonchev–Trinajstić information content (AvgIpc) is 3.02. The standard InChI is InChI=1S/C20H26FN3O3S/c1-20(2,3)27-19(26)23-10-4-9-22-17(25)12-16-13-28-18(24-16)11-14-5-7-15(21)8-6-14/h5-8,13H,4,9-12H2,1-3H3,(H,22,25)(H,23,26). The number of carbonyl (C=O) groups is 2. The molecule has 0 radical (unpaired) electrons. The Balaban J connectivity index is 1.65. The molecule has 0 aliphatic carbocycles. The van der Waals surface area contributed by atoms with Gasteiger partial charge in [0.05, 0.1) is 17.1 Å². The van der Waals surface area contributed by atoms with Crippen molar-refractivity contribution in [2.24, 2.45) is 0 Å². The number of carbonyl (C=O) groups excluding carboxylic acids is 2. The highest BCUT2D eigenvalue weighted by Crippen LogP contribution is 2.15. The molecule has 2 N–H and O–H groups in total. The summed E-state index contributed by atoms with van der Waals surface area (Å²) < 4.78 is 18.1. The van der Waals surface area contributed by atoms with Gasteiger partial charge in [0.1, 0.15) is 11.4 Å². The average molecular weight is 408 g/mol. The fourth-order valence-electron chi connectivity index (χ4n) is 2.34. The monoisotopic (exact) mass is 407 g/mol. The lowest BCUT2D eigenvalue weighted by atomic mass is 10.1. The van der Waals surface area contributed by atoms with Crippen LogP contribution in [0.5, 0.6) is 0 Å². The van der Waals surface area contributed by atoms with E-state index in [2.05, 4.69) is 15.6 Å². The molecule has 2 amide bonds. The topological polar surface area (TPSA) is 80.3 Å². The first-order valence-electron chi connectivity index (χ1n) is 9.12. The molecule has 0 unspecified atom stereocenters. The van der Waals surface area contributed by atoms with Gasteiger partial charge in [0.2, 0.25) is 5.91 Å². The number of alkyl carbamates (subject to hydrolysis) is 1. The fraction of sp³-hybridized carbons (Fsp3) is 0.450. The molecule has 1 aromatic carbocycles. The van der Waals surface area contributed by atoms with Crippen LogP contribution in [0.4, 0.5) is 9.18 Å². The molecule has 1 aromatic heterocycles. The number of rotatable bonds is 8. The van der Waals surface area contributed by atoms with Crippen LogP contribution in [0, 0.1) is 5.82 Å². The van der Waals surface area contributed by atoms with E-state index in [0.717, 1.165) is 10.6 Å². The molecule has 0 atom stereocenters. The van der Waals surface area contributed by atoms with Crippen molar-refractivity contribution in [3.8, 4) is 0 Å². The van der Waals surface area contributed by atoms with E-state index in [4.69, 9.17) is 4.74 Å². The minimum absolute atomic E-state index is 0.115. The van der Waals surface area contributed by atoms with Gasteiger partial charge in [-0.2, -0.15) is 0 Å². The van der Waals surface area contributed by atoms with E-state index in [0.29, 0.717) is 31.6 Å². The van der Waals surface area contributed by atoms with Gasteiger partial charge in [-0.25, -0.2) is 14.2 Å². The number of halogens is 1. The zero-order valence-electron chi connectivity index (χ0n) is 16.4. The predicted molar refractivity (Wildman–Crippen MR) is 107 cm³/mol. The van der Waals surface area contributed by atoms with Crippen LogP contribution in [0.1, 0.15) is 43.5 Å². The molecule has 152 valence electrons. The molecule has 2 rings (SSSR count). The van der Waals surface area contributed by atoms with Crippen LogP contribution >= 0.6 is 11.3 Å². The van der Waals surface area contributed by atoms with Crippen LogP contribution in [0.3, 0.4) is 0 Å². The van der Waals surface area contributed by atoms with Crippen LogP contribution in [0.2, 0.25) is 0 Å². The van der Waals surface area contributed by atoms with Crippen molar-refractivity contribution in [1.82, 2.24) is 15.6 Å². The third kappa shape index (κ3) is 8.47. The summed E-state index contributed by atoms with van der Waals surface area (Å²) in [6, 6.07) is 6.31. The van der Waals surface area contributed by atoms with E-state index in [1.807, 2.05) is 5.38 Å². The summed E-state index contributed by atoms with van der Waals surface area (Å²) >= 11 is 1.48. The molecule has 2 aromatic rings. The van der Waals surface area contributed by atoms with E-state index in [9.17, 15) is 14.0 Å². The second-order valence-corrected chi connectivity index (χ2v) is 8.29. The summed E-state index contributed by atoms with van der Waals surface area (Å²) in [5, 5.41) is 8.20. The summed E-state index contributed by atoms with van der Waals surface area (Å²) in [5.74, 6) is -0.377. The minimum Gasteiger partial charge on any atom is -0.444 e. The number of nitrogens with zero attached hydrogens (tertiary/aromatic N) is 1. The van der Waals surface area contributed by atoms with Crippen LogP contribution in [0.15, 0.2) is 29.6 Å². The first kappa shape index (κ1) is 21.8. The van der Waals surface area contributed by atoms with Crippen molar-refractivity contribution in [3.63, 3.8) is 0 Å². The second kappa shape index (κ2) is 10.2. The summed E-state index contributed by atoms with van der Waals surface area (Å²) in [6.45, 7) is 6.29. The Hall–Kier alpha value is -2.48. The minimum atomic E-state index is -0.526. The Morgan fingerprint density at radius 2 is 1.82 bits per heavy atom. The number of ether oxygens (including phenoxy) is 1. The molecule has 0 spiro atoms. The van der Waals surface area contributed by atoms with Crippen molar-refractivity contribution >= 4 is 23.3 Å². The lowest BCUT2D eigenvalue weighted by molar-refractivity contribution is -0.120. The largest absolute Gasteiger partial charge is 0.444 e. The highest BCUT2D eigenvalue weighted by molar-refractivity contribution is 7.09. The molecule has 0 aliphatic rings. The number of aromatic nitrogens is 1. The lowest BCUT2D eigenvalue weighted by Gasteiger charge is -2.19. The molecule has 0 saturated carbocycles. The zero-order chi connectivity index (χ0) is 20.6. The number of benzene rings is 1. The van der Waals surface area contributed by atoms with Gasteiger partial charge in [0.15, 0.2) is 0 Å². The fourth-order valence-corrected chi connectivity index (χ4v) is 3.16. The van der Waals surface area contributed by atoms with E-state index >= 15 is 0 Å². The SMILES string of the molecule is CC(C)(C)OC(=O)NCCCNC(=O)Cc1csc(Cc2ccc(F)cc2)n1. The highest BCUT2D eigenvalue weighted by Gasteiger charge is 2.15. The zero-order valence-corrected chi connectivity index (χ0v) is 17.2. The van der Waals surface area contributed by atoms with E-state index in [1.54, 1.807) is 32.9 Å². The quantitative estimate of drug-likeness (QED) is 0.657. The van der Waals surface area contributed by atoms with Crippen molar-refractivity contribution < 1.29 is 18.7 Å². The highest BCUT2D eigenvalue weighted by atomic mass is 32.1. The number of nitrogens with one attached hydrogen (secondary N) is 2. The van der Waals surface area contributed by atoms with Crippen molar-refractivity contribution in [2.75, 3.05) is 13.1 Å². The van der Waals surface area contributed by atoms with Gasteiger partial charge in [-0.15, -0.1) is 11.3 Å². The molecule has 0 saturated heterocycles. The third-order valence-corrected chi connectivity index (χ3v) is 4.45. The van der Waals surface area contributed by atoms with Gasteiger partial charge in [0, 0.05) is 24.9 Å². The summed E-state index contributed by atoms with van der Waals surface area (Å²) in [4.78, 5) is 28.0. The molecule has 0 bridgehead atoms. The smallest absolute Gasteiger partial charge is 0.407 e. The molecular weight excluding hydrogens is 381 g/mol. The lowest BCUT2D eigenvalue weighted by Crippen LogP contribution is -2.34. The third-order valence-electron chi connectivity index (χ3n) is 3.55. The second-order valence-electron chi connectivity index (χ2n) is 7.34.